The standard InChI is InChI=1S/C8H16O2/c1-6-4-3-5-7(2)8(6,9)10/h6-7,9-10H,3-5H2,1-2H3. The number of rotatable bonds is 0. The maximum Gasteiger partial charge on any atom is 0.167 e. The summed E-state index contributed by atoms with van der Waals surface area (Å²) in [6.07, 6.45) is 3.01. The van der Waals surface area contributed by atoms with E-state index in [0.29, 0.717) is 0 Å². The highest BCUT2D eigenvalue weighted by Crippen LogP contribution is 2.35. The van der Waals surface area contributed by atoms with Crippen LogP contribution < -0.4 is 0 Å². The summed E-state index contributed by atoms with van der Waals surface area (Å²) in [5.41, 5.74) is 0. The van der Waals surface area contributed by atoms with E-state index in [-0.39, 0.29) is 11.8 Å². The summed E-state index contributed by atoms with van der Waals surface area (Å²) >= 11 is 0. The average Bonchev–Trinajstić information content (AvgIpc) is 1.84. The minimum atomic E-state index is -1.40. The van der Waals surface area contributed by atoms with Gasteiger partial charge in [-0.3, -0.25) is 0 Å². The van der Waals surface area contributed by atoms with Crippen LogP contribution in [0, 0.1) is 11.8 Å². The van der Waals surface area contributed by atoms with Gasteiger partial charge in [0, 0.05) is 11.8 Å². The number of hydrogen-bond acceptors (Lipinski definition) is 2. The molecule has 0 bridgehead atoms. The summed E-state index contributed by atoms with van der Waals surface area (Å²) in [6, 6.07) is 0. The Morgan fingerprint density at radius 3 is 1.80 bits per heavy atom. The molecule has 0 aromatic carbocycles. The third-order valence-electron chi connectivity index (χ3n) is 2.72. The molecule has 2 atom stereocenters. The van der Waals surface area contributed by atoms with Gasteiger partial charge in [-0.05, 0) is 12.8 Å². The van der Waals surface area contributed by atoms with Crippen LogP contribution >= 0.6 is 0 Å². The summed E-state index contributed by atoms with van der Waals surface area (Å²) in [7, 11) is 0. The van der Waals surface area contributed by atoms with E-state index in [4.69, 9.17) is 0 Å². The number of hydrogen-bond donors (Lipinski definition) is 2. The quantitative estimate of drug-likeness (QED) is 0.500. The summed E-state index contributed by atoms with van der Waals surface area (Å²) in [6.45, 7) is 3.80. The van der Waals surface area contributed by atoms with E-state index >= 15 is 0 Å². The normalized spacial score (nSPS) is 39.6. The molecule has 2 heteroatoms. The Morgan fingerprint density at radius 1 is 1.10 bits per heavy atom. The van der Waals surface area contributed by atoms with Crippen molar-refractivity contribution in [1.29, 1.82) is 0 Å². The van der Waals surface area contributed by atoms with Crippen LogP contribution in [0.25, 0.3) is 0 Å². The Balaban J connectivity index is 2.63. The van der Waals surface area contributed by atoms with Gasteiger partial charge in [0.2, 0.25) is 0 Å². The molecule has 1 rings (SSSR count). The first kappa shape index (κ1) is 8.02. The minimum Gasteiger partial charge on any atom is -0.365 e. The Bertz CT molecular complexity index is 108. The SMILES string of the molecule is CC1CCCC(C)C1(O)O. The molecule has 0 spiro atoms. The first-order valence-corrected chi connectivity index (χ1v) is 4.00. The molecular formula is C8H16O2. The Hall–Kier alpha value is -0.0800. The largest absolute Gasteiger partial charge is 0.365 e. The van der Waals surface area contributed by atoms with Crippen LogP contribution in [0.4, 0.5) is 0 Å². The van der Waals surface area contributed by atoms with Gasteiger partial charge in [-0.15, -0.1) is 0 Å². The van der Waals surface area contributed by atoms with Crippen LogP contribution in [0.3, 0.4) is 0 Å². The molecule has 0 aliphatic heterocycles. The second kappa shape index (κ2) is 2.51. The fourth-order valence-electron chi connectivity index (χ4n) is 1.64. The first-order chi connectivity index (χ1) is 4.55. The predicted molar refractivity (Wildman–Crippen MR) is 39.3 cm³/mol. The second-order valence-electron chi connectivity index (χ2n) is 3.52. The topological polar surface area (TPSA) is 40.5 Å². The summed E-state index contributed by atoms with van der Waals surface area (Å²) in [5.74, 6) is -1.33. The van der Waals surface area contributed by atoms with Gasteiger partial charge in [-0.25, -0.2) is 0 Å². The molecule has 2 N–H and O–H groups in total. The molecule has 0 heterocycles. The third kappa shape index (κ3) is 1.18. The molecule has 0 aromatic heterocycles. The van der Waals surface area contributed by atoms with Crippen molar-refractivity contribution in [2.75, 3.05) is 0 Å². The molecule has 0 saturated heterocycles. The maximum atomic E-state index is 9.47. The fourth-order valence-corrected chi connectivity index (χ4v) is 1.64. The molecular weight excluding hydrogens is 128 g/mol. The van der Waals surface area contributed by atoms with E-state index in [2.05, 4.69) is 0 Å². The van der Waals surface area contributed by atoms with E-state index in [1.54, 1.807) is 0 Å². The van der Waals surface area contributed by atoms with Gasteiger partial charge in [-0.2, -0.15) is 0 Å². The Morgan fingerprint density at radius 2 is 1.50 bits per heavy atom. The Labute approximate surface area is 61.9 Å². The van der Waals surface area contributed by atoms with Crippen molar-refractivity contribution in [3.05, 3.63) is 0 Å². The van der Waals surface area contributed by atoms with Crippen LogP contribution in [0.5, 0.6) is 0 Å². The van der Waals surface area contributed by atoms with Crippen molar-refractivity contribution in [3.63, 3.8) is 0 Å². The highest BCUT2D eigenvalue weighted by atomic mass is 16.5. The molecule has 2 nitrogen and oxygen atoms in total. The lowest BCUT2D eigenvalue weighted by atomic mass is 9.78. The van der Waals surface area contributed by atoms with E-state index < -0.39 is 5.79 Å². The lowest BCUT2D eigenvalue weighted by molar-refractivity contribution is -0.242. The van der Waals surface area contributed by atoms with Crippen molar-refractivity contribution < 1.29 is 10.2 Å². The van der Waals surface area contributed by atoms with Crippen molar-refractivity contribution in [3.8, 4) is 0 Å². The van der Waals surface area contributed by atoms with Crippen molar-refractivity contribution in [2.45, 2.75) is 38.9 Å². The Kier molecular flexibility index (Phi) is 2.02. The van der Waals surface area contributed by atoms with Crippen LogP contribution in [-0.4, -0.2) is 16.0 Å². The van der Waals surface area contributed by atoms with Gasteiger partial charge in [0.25, 0.3) is 0 Å². The summed E-state index contributed by atoms with van der Waals surface area (Å²) < 4.78 is 0. The van der Waals surface area contributed by atoms with Crippen molar-refractivity contribution in [2.24, 2.45) is 11.8 Å². The van der Waals surface area contributed by atoms with Gasteiger partial charge in [0.15, 0.2) is 5.79 Å². The summed E-state index contributed by atoms with van der Waals surface area (Å²) in [5, 5.41) is 18.9. The van der Waals surface area contributed by atoms with Gasteiger partial charge in [0.1, 0.15) is 0 Å². The lowest BCUT2D eigenvalue weighted by Gasteiger charge is -2.38. The van der Waals surface area contributed by atoms with Gasteiger partial charge >= 0.3 is 0 Å². The van der Waals surface area contributed by atoms with Crippen molar-refractivity contribution in [1.82, 2.24) is 0 Å². The molecule has 2 unspecified atom stereocenters. The molecule has 0 amide bonds. The van der Waals surface area contributed by atoms with Gasteiger partial charge < -0.3 is 10.2 Å². The molecule has 60 valence electrons. The third-order valence-corrected chi connectivity index (χ3v) is 2.72. The van der Waals surface area contributed by atoms with E-state index in [1.807, 2.05) is 13.8 Å². The van der Waals surface area contributed by atoms with E-state index in [1.165, 1.54) is 0 Å². The van der Waals surface area contributed by atoms with Crippen LogP contribution in [0.1, 0.15) is 33.1 Å². The molecule has 0 radical (unpaired) electrons. The average molecular weight is 144 g/mol. The van der Waals surface area contributed by atoms with Gasteiger partial charge in [-0.1, -0.05) is 20.3 Å². The first-order valence-electron chi connectivity index (χ1n) is 4.00. The molecule has 1 aliphatic carbocycles. The fraction of sp³-hybridized carbons (Fsp3) is 1.00. The highest BCUT2D eigenvalue weighted by molar-refractivity contribution is 4.82. The minimum absolute atomic E-state index is 0.0382. The monoisotopic (exact) mass is 144 g/mol. The number of aliphatic hydroxyl groups is 2. The molecule has 1 fully saturated rings. The van der Waals surface area contributed by atoms with E-state index in [0.717, 1.165) is 19.3 Å². The molecule has 1 aliphatic rings. The molecule has 0 aromatic rings. The van der Waals surface area contributed by atoms with Crippen molar-refractivity contribution >= 4 is 0 Å². The predicted octanol–water partition coefficient (Wildman–Crippen LogP) is 1.12. The van der Waals surface area contributed by atoms with Crippen LogP contribution in [-0.2, 0) is 0 Å². The van der Waals surface area contributed by atoms with Crippen LogP contribution in [0.2, 0.25) is 0 Å². The van der Waals surface area contributed by atoms with Gasteiger partial charge in [0.05, 0.1) is 0 Å². The summed E-state index contributed by atoms with van der Waals surface area (Å²) in [4.78, 5) is 0. The zero-order chi connectivity index (χ0) is 7.78. The maximum absolute atomic E-state index is 9.47. The highest BCUT2D eigenvalue weighted by Gasteiger charge is 2.39. The smallest absolute Gasteiger partial charge is 0.167 e. The zero-order valence-electron chi connectivity index (χ0n) is 6.67. The van der Waals surface area contributed by atoms with E-state index in [9.17, 15) is 10.2 Å². The molecule has 10 heavy (non-hydrogen) atoms. The second-order valence-corrected chi connectivity index (χ2v) is 3.52. The zero-order valence-corrected chi connectivity index (χ0v) is 6.67. The van der Waals surface area contributed by atoms with Crippen LogP contribution in [0.15, 0.2) is 0 Å². The molecule has 1 saturated carbocycles. The lowest BCUT2D eigenvalue weighted by Crippen LogP contribution is -2.45.